The third-order valence-electron chi connectivity index (χ3n) is 4.59. The molecular weight excluding hydrogens is 224 g/mol. The Morgan fingerprint density at radius 2 is 2.17 bits per heavy atom. The molecule has 0 aliphatic heterocycles. The van der Waals surface area contributed by atoms with Gasteiger partial charge in [-0.15, -0.1) is 0 Å². The number of carbonyl (C=O) groups excluding carboxylic acids is 1. The van der Waals surface area contributed by atoms with Crippen LogP contribution in [-0.4, -0.2) is 11.9 Å². The van der Waals surface area contributed by atoms with Crippen LogP contribution in [0, 0.1) is 18.8 Å². The number of aryl methyl sites for hydroxylation is 1. The van der Waals surface area contributed by atoms with Gasteiger partial charge in [-0.1, -0.05) is 18.6 Å². The Balaban J connectivity index is 1.75. The molecule has 1 amide bonds. The van der Waals surface area contributed by atoms with Crippen LogP contribution >= 0.6 is 0 Å². The van der Waals surface area contributed by atoms with Crippen molar-refractivity contribution in [2.24, 2.45) is 11.8 Å². The lowest BCUT2D eigenvalue weighted by atomic mass is 9.94. The van der Waals surface area contributed by atoms with Crippen molar-refractivity contribution in [3.8, 4) is 0 Å². The van der Waals surface area contributed by atoms with Crippen LogP contribution in [0.1, 0.15) is 41.6 Å². The number of benzene rings is 1. The highest BCUT2D eigenvalue weighted by Crippen LogP contribution is 2.44. The van der Waals surface area contributed by atoms with Crippen molar-refractivity contribution < 1.29 is 4.79 Å². The number of hydrogen-bond acceptors (Lipinski definition) is 2. The summed E-state index contributed by atoms with van der Waals surface area (Å²) in [5.41, 5.74) is 8.10. The summed E-state index contributed by atoms with van der Waals surface area (Å²) in [6.45, 7) is 1.94. The van der Waals surface area contributed by atoms with E-state index in [1.165, 1.54) is 19.3 Å². The summed E-state index contributed by atoms with van der Waals surface area (Å²) in [4.78, 5) is 12.3. The average molecular weight is 244 g/mol. The molecule has 3 heteroatoms. The van der Waals surface area contributed by atoms with Gasteiger partial charge in [-0.25, -0.2) is 0 Å². The molecule has 0 saturated heterocycles. The molecular formula is C15H20N2O. The minimum absolute atomic E-state index is 0.00292. The van der Waals surface area contributed by atoms with Crippen molar-refractivity contribution >= 4 is 11.6 Å². The molecule has 3 rings (SSSR count). The van der Waals surface area contributed by atoms with Gasteiger partial charge in [0.15, 0.2) is 0 Å². The average Bonchev–Trinajstić information content (AvgIpc) is 2.90. The largest absolute Gasteiger partial charge is 0.398 e. The first kappa shape index (κ1) is 11.6. The molecule has 0 heterocycles. The number of nitrogen functional groups attached to an aromatic ring is 1. The fourth-order valence-electron chi connectivity index (χ4n) is 3.66. The molecule has 0 radical (unpaired) electrons. The van der Waals surface area contributed by atoms with Crippen LogP contribution in [-0.2, 0) is 0 Å². The molecule has 2 bridgehead atoms. The van der Waals surface area contributed by atoms with Gasteiger partial charge in [0.25, 0.3) is 5.91 Å². The van der Waals surface area contributed by atoms with E-state index < -0.39 is 0 Å². The van der Waals surface area contributed by atoms with Crippen LogP contribution < -0.4 is 11.1 Å². The number of amides is 1. The molecule has 18 heavy (non-hydrogen) atoms. The van der Waals surface area contributed by atoms with Gasteiger partial charge in [0.2, 0.25) is 0 Å². The van der Waals surface area contributed by atoms with E-state index in [2.05, 4.69) is 5.32 Å². The number of rotatable bonds is 2. The van der Waals surface area contributed by atoms with E-state index in [9.17, 15) is 4.79 Å². The van der Waals surface area contributed by atoms with Gasteiger partial charge in [-0.3, -0.25) is 4.79 Å². The molecule has 2 aliphatic carbocycles. The standard InChI is InChI=1S/C15H20N2O/c1-9-3-2-4-12(16)14(9)15(18)17-13-8-10-5-6-11(13)7-10/h2-4,10-11,13H,5-8,16H2,1H3,(H,17,18). The van der Waals surface area contributed by atoms with Gasteiger partial charge < -0.3 is 11.1 Å². The first-order valence-corrected chi connectivity index (χ1v) is 6.81. The second-order valence-corrected chi connectivity index (χ2v) is 5.79. The van der Waals surface area contributed by atoms with E-state index in [0.717, 1.165) is 17.9 Å². The maximum Gasteiger partial charge on any atom is 0.253 e. The predicted molar refractivity (Wildman–Crippen MR) is 72.3 cm³/mol. The molecule has 0 spiro atoms. The lowest BCUT2D eigenvalue weighted by Crippen LogP contribution is -2.39. The molecule has 1 aromatic carbocycles. The third kappa shape index (κ3) is 1.88. The smallest absolute Gasteiger partial charge is 0.253 e. The third-order valence-corrected chi connectivity index (χ3v) is 4.59. The van der Waals surface area contributed by atoms with Gasteiger partial charge in [-0.05, 0) is 49.7 Å². The van der Waals surface area contributed by atoms with E-state index >= 15 is 0 Å². The van der Waals surface area contributed by atoms with E-state index in [1.54, 1.807) is 6.07 Å². The molecule has 3 atom stereocenters. The molecule has 1 aromatic rings. The quantitative estimate of drug-likeness (QED) is 0.785. The van der Waals surface area contributed by atoms with E-state index in [4.69, 9.17) is 5.73 Å². The van der Waals surface area contributed by atoms with Crippen molar-refractivity contribution in [1.29, 1.82) is 0 Å². The number of carbonyl (C=O) groups is 1. The maximum atomic E-state index is 12.3. The zero-order chi connectivity index (χ0) is 12.7. The highest BCUT2D eigenvalue weighted by molar-refractivity contribution is 6.00. The Morgan fingerprint density at radius 1 is 1.33 bits per heavy atom. The van der Waals surface area contributed by atoms with Crippen LogP contribution in [0.4, 0.5) is 5.69 Å². The Kier molecular flexibility index (Phi) is 2.77. The topological polar surface area (TPSA) is 55.1 Å². The van der Waals surface area contributed by atoms with Crippen LogP contribution in [0.2, 0.25) is 0 Å². The predicted octanol–water partition coefficient (Wildman–Crippen LogP) is 2.50. The number of fused-ring (bicyclic) bond motifs is 2. The molecule has 96 valence electrons. The van der Waals surface area contributed by atoms with Crippen molar-refractivity contribution in [3.63, 3.8) is 0 Å². The summed E-state index contributed by atoms with van der Waals surface area (Å²) in [6, 6.07) is 5.99. The normalized spacial score (nSPS) is 29.5. The van der Waals surface area contributed by atoms with Gasteiger partial charge in [0, 0.05) is 11.7 Å². The Bertz CT molecular complexity index is 463. The van der Waals surface area contributed by atoms with E-state index in [1.807, 2.05) is 19.1 Å². The minimum Gasteiger partial charge on any atom is -0.398 e. The van der Waals surface area contributed by atoms with Crippen molar-refractivity contribution in [2.75, 3.05) is 5.73 Å². The summed E-state index contributed by atoms with van der Waals surface area (Å²) in [7, 11) is 0. The van der Waals surface area contributed by atoms with Crippen molar-refractivity contribution in [2.45, 2.75) is 38.6 Å². The molecule has 3 nitrogen and oxygen atoms in total. The molecule has 2 fully saturated rings. The SMILES string of the molecule is Cc1cccc(N)c1C(=O)NC1CC2CCC1C2. The number of anilines is 1. The number of nitrogens with one attached hydrogen (secondary N) is 1. The van der Waals surface area contributed by atoms with Gasteiger partial charge in [-0.2, -0.15) is 0 Å². The summed E-state index contributed by atoms with van der Waals surface area (Å²) in [6.07, 6.45) is 5.08. The minimum atomic E-state index is 0.00292. The molecule has 0 aromatic heterocycles. The summed E-state index contributed by atoms with van der Waals surface area (Å²) in [5.74, 6) is 1.54. The zero-order valence-electron chi connectivity index (χ0n) is 10.8. The van der Waals surface area contributed by atoms with Crippen molar-refractivity contribution in [3.05, 3.63) is 29.3 Å². The zero-order valence-corrected chi connectivity index (χ0v) is 10.8. The summed E-state index contributed by atoms with van der Waals surface area (Å²) >= 11 is 0. The summed E-state index contributed by atoms with van der Waals surface area (Å²) in [5, 5.41) is 3.19. The highest BCUT2D eigenvalue weighted by atomic mass is 16.1. The highest BCUT2D eigenvalue weighted by Gasteiger charge is 2.40. The molecule has 2 saturated carbocycles. The molecule has 2 aliphatic rings. The van der Waals surface area contributed by atoms with E-state index in [0.29, 0.717) is 23.2 Å². The van der Waals surface area contributed by atoms with Crippen LogP contribution in [0.3, 0.4) is 0 Å². The molecule has 3 N–H and O–H groups in total. The summed E-state index contributed by atoms with van der Waals surface area (Å²) < 4.78 is 0. The van der Waals surface area contributed by atoms with Gasteiger partial charge >= 0.3 is 0 Å². The fourth-order valence-corrected chi connectivity index (χ4v) is 3.66. The van der Waals surface area contributed by atoms with Crippen LogP contribution in [0.25, 0.3) is 0 Å². The van der Waals surface area contributed by atoms with Gasteiger partial charge in [0.1, 0.15) is 0 Å². The number of hydrogen-bond donors (Lipinski definition) is 2. The van der Waals surface area contributed by atoms with Gasteiger partial charge in [0.05, 0.1) is 5.56 Å². The number of nitrogens with two attached hydrogens (primary N) is 1. The second kappa shape index (κ2) is 4.30. The van der Waals surface area contributed by atoms with E-state index in [-0.39, 0.29) is 5.91 Å². The lowest BCUT2D eigenvalue weighted by molar-refractivity contribution is 0.0923. The lowest BCUT2D eigenvalue weighted by Gasteiger charge is -2.23. The van der Waals surface area contributed by atoms with Crippen LogP contribution in [0.5, 0.6) is 0 Å². The Labute approximate surface area is 108 Å². The van der Waals surface area contributed by atoms with Crippen LogP contribution in [0.15, 0.2) is 18.2 Å². The first-order chi connectivity index (χ1) is 8.65. The Hall–Kier alpha value is -1.51. The molecule has 3 unspecified atom stereocenters. The Morgan fingerprint density at radius 3 is 2.78 bits per heavy atom. The van der Waals surface area contributed by atoms with Crippen molar-refractivity contribution in [1.82, 2.24) is 5.32 Å². The second-order valence-electron chi connectivity index (χ2n) is 5.79. The monoisotopic (exact) mass is 244 g/mol. The fraction of sp³-hybridized carbons (Fsp3) is 0.533. The first-order valence-electron chi connectivity index (χ1n) is 6.81. The maximum absolute atomic E-state index is 12.3.